The number of carbonyl (C=O) groups excluding carboxylic acids is 2. The van der Waals surface area contributed by atoms with Crippen LogP contribution in [0.3, 0.4) is 0 Å². The highest BCUT2D eigenvalue weighted by atomic mass is 79.9. The van der Waals surface area contributed by atoms with E-state index in [2.05, 4.69) is 20.7 Å². The minimum atomic E-state index is -0.822. The van der Waals surface area contributed by atoms with Crippen molar-refractivity contribution < 1.29 is 14.3 Å². The Hall–Kier alpha value is -1.16. The van der Waals surface area contributed by atoms with Gasteiger partial charge in [0.1, 0.15) is 5.41 Å². The number of halogens is 1. The number of hydrogen-bond donors (Lipinski definition) is 0. The average Bonchev–Trinajstić information content (AvgIpc) is 2.42. The van der Waals surface area contributed by atoms with E-state index in [0.29, 0.717) is 0 Å². The monoisotopic (exact) mass is 268 g/mol. The molecule has 0 unspecified atom stereocenters. The van der Waals surface area contributed by atoms with E-state index in [1.54, 1.807) is 6.92 Å². The fourth-order valence-electron chi connectivity index (χ4n) is 1.65. The van der Waals surface area contributed by atoms with Crippen LogP contribution in [-0.2, 0) is 19.7 Å². The maximum Gasteiger partial charge on any atom is 0.324 e. The van der Waals surface area contributed by atoms with Crippen LogP contribution in [0.25, 0.3) is 0 Å². The van der Waals surface area contributed by atoms with Gasteiger partial charge in [0.05, 0.1) is 6.42 Å². The van der Waals surface area contributed by atoms with Gasteiger partial charge in [0.2, 0.25) is 0 Å². The van der Waals surface area contributed by atoms with Crippen LogP contribution in [0, 0.1) is 0 Å². The molecule has 0 spiro atoms. The number of esters is 2. The Labute approximate surface area is 95.6 Å². The van der Waals surface area contributed by atoms with Gasteiger partial charge in [-0.15, -0.1) is 0 Å². The third kappa shape index (κ3) is 1.69. The molecule has 1 aromatic carbocycles. The van der Waals surface area contributed by atoms with E-state index < -0.39 is 17.4 Å². The van der Waals surface area contributed by atoms with E-state index in [-0.39, 0.29) is 6.42 Å². The van der Waals surface area contributed by atoms with Crippen LogP contribution in [0.15, 0.2) is 28.7 Å². The molecule has 0 N–H and O–H groups in total. The first-order chi connectivity index (χ1) is 7.02. The van der Waals surface area contributed by atoms with Crippen molar-refractivity contribution in [2.24, 2.45) is 0 Å². The fraction of sp³-hybridized carbons (Fsp3) is 0.273. The summed E-state index contributed by atoms with van der Waals surface area (Å²) in [5, 5.41) is 0. The first-order valence-corrected chi connectivity index (χ1v) is 5.33. The smallest absolute Gasteiger partial charge is 0.324 e. The van der Waals surface area contributed by atoms with Crippen LogP contribution < -0.4 is 0 Å². The summed E-state index contributed by atoms with van der Waals surface area (Å²) in [6.45, 7) is 1.73. The highest BCUT2D eigenvalue weighted by Crippen LogP contribution is 2.34. The summed E-state index contributed by atoms with van der Waals surface area (Å²) in [5.74, 6) is -0.916. The Morgan fingerprint density at radius 2 is 1.87 bits per heavy atom. The number of rotatable bonds is 1. The summed E-state index contributed by atoms with van der Waals surface area (Å²) in [7, 11) is 0. The van der Waals surface area contributed by atoms with E-state index in [4.69, 9.17) is 0 Å². The molecule has 1 aromatic rings. The van der Waals surface area contributed by atoms with Crippen molar-refractivity contribution in [3.05, 3.63) is 34.3 Å². The lowest BCUT2D eigenvalue weighted by Crippen LogP contribution is -2.27. The molecule has 2 rings (SSSR count). The van der Waals surface area contributed by atoms with Gasteiger partial charge in [-0.25, -0.2) is 0 Å². The van der Waals surface area contributed by atoms with Crippen LogP contribution in [0.1, 0.15) is 18.9 Å². The molecule has 1 heterocycles. The van der Waals surface area contributed by atoms with E-state index >= 15 is 0 Å². The summed E-state index contributed by atoms with van der Waals surface area (Å²) in [6.07, 6.45) is 0.119. The standard InChI is InChI=1S/C11H9BrO3/c1-11(6-9(13)15-10(11)14)7-2-4-8(12)5-3-7/h2-5H,6H2,1H3/t11-/m1/s1. The maximum atomic E-state index is 11.5. The number of ether oxygens (including phenoxy) is 1. The highest BCUT2D eigenvalue weighted by molar-refractivity contribution is 9.10. The molecule has 0 bridgehead atoms. The Morgan fingerprint density at radius 3 is 2.33 bits per heavy atom. The molecule has 78 valence electrons. The topological polar surface area (TPSA) is 43.4 Å². The van der Waals surface area contributed by atoms with Crippen molar-refractivity contribution in [3.63, 3.8) is 0 Å². The van der Waals surface area contributed by atoms with Crippen molar-refractivity contribution in [3.8, 4) is 0 Å². The molecule has 0 saturated carbocycles. The molecule has 15 heavy (non-hydrogen) atoms. The predicted octanol–water partition coefficient (Wildman–Crippen LogP) is 2.18. The molecule has 0 radical (unpaired) electrons. The number of hydrogen-bond acceptors (Lipinski definition) is 3. The lowest BCUT2D eigenvalue weighted by molar-refractivity contribution is -0.153. The molecule has 1 aliphatic heterocycles. The summed E-state index contributed by atoms with van der Waals surface area (Å²) in [4.78, 5) is 22.6. The Morgan fingerprint density at radius 1 is 1.27 bits per heavy atom. The minimum absolute atomic E-state index is 0.119. The fourth-order valence-corrected chi connectivity index (χ4v) is 1.91. The van der Waals surface area contributed by atoms with Gasteiger partial charge < -0.3 is 4.74 Å². The summed E-state index contributed by atoms with van der Waals surface area (Å²) in [6, 6.07) is 7.33. The van der Waals surface area contributed by atoms with Crippen molar-refractivity contribution >= 4 is 27.9 Å². The Balaban J connectivity index is 2.41. The summed E-state index contributed by atoms with van der Waals surface area (Å²) >= 11 is 3.32. The van der Waals surface area contributed by atoms with Gasteiger partial charge in [0, 0.05) is 4.47 Å². The second-order valence-corrected chi connectivity index (χ2v) is 4.69. The van der Waals surface area contributed by atoms with E-state index in [0.717, 1.165) is 10.0 Å². The third-order valence-corrected chi connectivity index (χ3v) is 3.16. The van der Waals surface area contributed by atoms with Gasteiger partial charge in [-0.05, 0) is 24.6 Å². The molecular formula is C11H9BrO3. The SMILES string of the molecule is C[C@]1(c2ccc(Br)cc2)CC(=O)OC1=O. The first kappa shape index (κ1) is 10.4. The van der Waals surface area contributed by atoms with Crippen LogP contribution >= 0.6 is 15.9 Å². The van der Waals surface area contributed by atoms with Gasteiger partial charge in [0.15, 0.2) is 0 Å². The van der Waals surface area contributed by atoms with Crippen LogP contribution in [0.4, 0.5) is 0 Å². The van der Waals surface area contributed by atoms with E-state index in [1.807, 2.05) is 24.3 Å². The largest absolute Gasteiger partial charge is 0.392 e. The van der Waals surface area contributed by atoms with Crippen molar-refractivity contribution in [2.45, 2.75) is 18.8 Å². The van der Waals surface area contributed by atoms with Gasteiger partial charge in [-0.3, -0.25) is 9.59 Å². The second-order valence-electron chi connectivity index (χ2n) is 3.78. The zero-order valence-electron chi connectivity index (χ0n) is 8.12. The molecule has 4 heteroatoms. The van der Waals surface area contributed by atoms with Gasteiger partial charge in [-0.1, -0.05) is 28.1 Å². The molecule has 1 fully saturated rings. The first-order valence-electron chi connectivity index (χ1n) is 4.53. The van der Waals surface area contributed by atoms with E-state index in [1.165, 1.54) is 0 Å². The molecule has 1 aliphatic rings. The maximum absolute atomic E-state index is 11.5. The van der Waals surface area contributed by atoms with Crippen LogP contribution in [0.5, 0.6) is 0 Å². The molecule has 3 nitrogen and oxygen atoms in total. The zero-order valence-corrected chi connectivity index (χ0v) is 9.71. The number of benzene rings is 1. The number of cyclic esters (lactones) is 2. The quantitative estimate of drug-likeness (QED) is 0.579. The highest BCUT2D eigenvalue weighted by Gasteiger charge is 2.46. The molecule has 1 saturated heterocycles. The van der Waals surface area contributed by atoms with Crippen molar-refractivity contribution in [1.29, 1.82) is 0 Å². The zero-order chi connectivity index (χ0) is 11.1. The van der Waals surface area contributed by atoms with Crippen LogP contribution in [-0.4, -0.2) is 11.9 Å². The second kappa shape index (κ2) is 3.45. The lowest BCUT2D eigenvalue weighted by atomic mass is 9.81. The molecule has 0 amide bonds. The van der Waals surface area contributed by atoms with E-state index in [9.17, 15) is 9.59 Å². The van der Waals surface area contributed by atoms with Crippen molar-refractivity contribution in [1.82, 2.24) is 0 Å². The van der Waals surface area contributed by atoms with Crippen molar-refractivity contribution in [2.75, 3.05) is 0 Å². The average molecular weight is 269 g/mol. The number of carbonyl (C=O) groups is 2. The molecule has 1 atom stereocenters. The third-order valence-electron chi connectivity index (χ3n) is 2.64. The van der Waals surface area contributed by atoms with Crippen LogP contribution in [0.2, 0.25) is 0 Å². The van der Waals surface area contributed by atoms with Gasteiger partial charge >= 0.3 is 11.9 Å². The summed E-state index contributed by atoms with van der Waals surface area (Å²) < 4.78 is 5.51. The molecule has 0 aromatic heterocycles. The normalized spacial score (nSPS) is 25.5. The Bertz CT molecular complexity index is 424. The summed E-state index contributed by atoms with van der Waals surface area (Å²) in [5.41, 5.74) is -0.0147. The predicted molar refractivity (Wildman–Crippen MR) is 57.2 cm³/mol. The van der Waals surface area contributed by atoms with Gasteiger partial charge in [-0.2, -0.15) is 0 Å². The minimum Gasteiger partial charge on any atom is -0.392 e. The molecule has 0 aliphatic carbocycles. The molecular weight excluding hydrogens is 260 g/mol. The Kier molecular flexibility index (Phi) is 2.38. The lowest BCUT2D eigenvalue weighted by Gasteiger charge is -2.17. The van der Waals surface area contributed by atoms with Gasteiger partial charge in [0.25, 0.3) is 0 Å².